The van der Waals surface area contributed by atoms with Gasteiger partial charge in [-0.25, -0.2) is 8.42 Å². The van der Waals surface area contributed by atoms with Gasteiger partial charge < -0.3 is 4.90 Å². The highest BCUT2D eigenvalue weighted by Gasteiger charge is 2.34. The van der Waals surface area contributed by atoms with Crippen LogP contribution in [0.1, 0.15) is 20.8 Å². The van der Waals surface area contributed by atoms with Gasteiger partial charge >= 0.3 is 0 Å². The molecule has 1 heterocycles. The molecular formula is C9H20N2O2S. The van der Waals surface area contributed by atoms with Crippen LogP contribution in [0.5, 0.6) is 0 Å². The van der Waals surface area contributed by atoms with Crippen molar-refractivity contribution in [2.75, 3.05) is 25.9 Å². The van der Waals surface area contributed by atoms with Crippen molar-refractivity contribution in [1.29, 1.82) is 0 Å². The first-order valence-corrected chi connectivity index (χ1v) is 6.92. The van der Waals surface area contributed by atoms with E-state index in [0.717, 1.165) is 19.6 Å². The maximum Gasteiger partial charge on any atom is 0.211 e. The third-order valence-electron chi connectivity index (χ3n) is 2.74. The third-order valence-corrected chi connectivity index (χ3v) is 4.23. The summed E-state index contributed by atoms with van der Waals surface area (Å²) in [6.07, 6.45) is 1.29. The molecule has 1 fully saturated rings. The number of likely N-dealkylation sites (N-methyl/N-ethyl adjacent to an activating group) is 1. The van der Waals surface area contributed by atoms with Gasteiger partial charge in [0.25, 0.3) is 0 Å². The molecule has 2 unspecified atom stereocenters. The molecule has 0 aromatic rings. The fraction of sp³-hybridized carbons (Fsp3) is 1.00. The molecule has 14 heavy (non-hydrogen) atoms. The van der Waals surface area contributed by atoms with Crippen LogP contribution in [0.25, 0.3) is 0 Å². The molecule has 1 rings (SSSR count). The lowest BCUT2D eigenvalue weighted by atomic mass is 10.1. The molecule has 0 aliphatic carbocycles. The van der Waals surface area contributed by atoms with Gasteiger partial charge in [-0.2, -0.15) is 4.31 Å². The molecule has 0 saturated carbocycles. The summed E-state index contributed by atoms with van der Waals surface area (Å²) in [5, 5.41) is 0. The maximum atomic E-state index is 11.5. The Kier molecular flexibility index (Phi) is 3.55. The van der Waals surface area contributed by atoms with Gasteiger partial charge in [0.15, 0.2) is 0 Å². The van der Waals surface area contributed by atoms with E-state index in [-0.39, 0.29) is 12.1 Å². The summed E-state index contributed by atoms with van der Waals surface area (Å²) in [4.78, 5) is 2.29. The number of rotatable bonds is 2. The van der Waals surface area contributed by atoms with Gasteiger partial charge in [0.1, 0.15) is 0 Å². The van der Waals surface area contributed by atoms with Gasteiger partial charge in [-0.05, 0) is 20.4 Å². The molecule has 0 amide bonds. The van der Waals surface area contributed by atoms with E-state index in [0.29, 0.717) is 0 Å². The van der Waals surface area contributed by atoms with Crippen molar-refractivity contribution in [3.63, 3.8) is 0 Å². The Labute approximate surface area is 86.9 Å². The number of hydrogen-bond donors (Lipinski definition) is 0. The van der Waals surface area contributed by atoms with E-state index in [1.165, 1.54) is 6.26 Å². The summed E-state index contributed by atoms with van der Waals surface area (Å²) in [6, 6.07) is 0.183. The lowest BCUT2D eigenvalue weighted by Crippen LogP contribution is -2.58. The number of hydrogen-bond acceptors (Lipinski definition) is 3. The number of nitrogens with zero attached hydrogens (tertiary/aromatic N) is 2. The van der Waals surface area contributed by atoms with Crippen LogP contribution in [0.3, 0.4) is 0 Å². The number of sulfonamides is 1. The highest BCUT2D eigenvalue weighted by molar-refractivity contribution is 7.88. The van der Waals surface area contributed by atoms with Gasteiger partial charge in [-0.1, -0.05) is 6.92 Å². The van der Waals surface area contributed by atoms with Gasteiger partial charge in [0.05, 0.1) is 6.26 Å². The summed E-state index contributed by atoms with van der Waals surface area (Å²) >= 11 is 0. The van der Waals surface area contributed by atoms with Crippen molar-refractivity contribution in [2.24, 2.45) is 0 Å². The molecule has 0 bridgehead atoms. The van der Waals surface area contributed by atoms with E-state index in [9.17, 15) is 8.42 Å². The molecule has 4 nitrogen and oxygen atoms in total. The average molecular weight is 220 g/mol. The van der Waals surface area contributed by atoms with Crippen LogP contribution in [-0.2, 0) is 10.0 Å². The summed E-state index contributed by atoms with van der Waals surface area (Å²) in [6.45, 7) is 8.72. The lowest BCUT2D eigenvalue weighted by molar-refractivity contribution is 0.107. The number of piperazine rings is 1. The molecule has 0 radical (unpaired) electrons. The highest BCUT2D eigenvalue weighted by atomic mass is 32.2. The van der Waals surface area contributed by atoms with E-state index in [4.69, 9.17) is 0 Å². The second-order valence-electron chi connectivity index (χ2n) is 4.14. The molecule has 1 saturated heterocycles. The maximum absolute atomic E-state index is 11.5. The fourth-order valence-electron chi connectivity index (χ4n) is 2.33. The van der Waals surface area contributed by atoms with E-state index in [1.807, 2.05) is 13.8 Å². The van der Waals surface area contributed by atoms with Crippen molar-refractivity contribution < 1.29 is 8.42 Å². The van der Waals surface area contributed by atoms with Crippen LogP contribution in [0.15, 0.2) is 0 Å². The zero-order chi connectivity index (χ0) is 10.9. The second kappa shape index (κ2) is 4.16. The smallest absolute Gasteiger partial charge is 0.211 e. The monoisotopic (exact) mass is 220 g/mol. The molecule has 0 aromatic carbocycles. The standard InChI is InChI=1S/C9H20N2O2S/c1-5-10-6-8(2)11(9(3)7-10)14(4,12)13/h8-9H,5-7H2,1-4H3. The van der Waals surface area contributed by atoms with Crippen LogP contribution < -0.4 is 0 Å². The Bertz CT molecular complexity index is 277. The Balaban J connectivity index is 2.81. The van der Waals surface area contributed by atoms with Crippen LogP contribution in [-0.4, -0.2) is 55.6 Å². The zero-order valence-electron chi connectivity index (χ0n) is 9.40. The first kappa shape index (κ1) is 11.9. The van der Waals surface area contributed by atoms with E-state index in [1.54, 1.807) is 4.31 Å². The Morgan fingerprint density at radius 2 is 1.64 bits per heavy atom. The summed E-state index contributed by atoms with van der Waals surface area (Å²) in [5.74, 6) is 0. The molecule has 2 atom stereocenters. The van der Waals surface area contributed by atoms with E-state index in [2.05, 4.69) is 11.8 Å². The van der Waals surface area contributed by atoms with E-state index < -0.39 is 10.0 Å². The van der Waals surface area contributed by atoms with Gasteiger partial charge in [0, 0.05) is 25.2 Å². The normalized spacial score (nSPS) is 32.0. The second-order valence-corrected chi connectivity index (χ2v) is 6.03. The van der Waals surface area contributed by atoms with Crippen molar-refractivity contribution >= 4 is 10.0 Å². The molecule has 0 aromatic heterocycles. The Morgan fingerprint density at radius 1 is 1.21 bits per heavy atom. The predicted octanol–water partition coefficient (Wildman–Crippen LogP) is 0.361. The van der Waals surface area contributed by atoms with Crippen LogP contribution in [0.2, 0.25) is 0 Å². The first-order valence-electron chi connectivity index (χ1n) is 5.07. The van der Waals surface area contributed by atoms with Crippen molar-refractivity contribution in [3.8, 4) is 0 Å². The van der Waals surface area contributed by atoms with Crippen molar-refractivity contribution in [2.45, 2.75) is 32.9 Å². The summed E-state index contributed by atoms with van der Waals surface area (Å²) in [5.41, 5.74) is 0. The zero-order valence-corrected chi connectivity index (χ0v) is 10.2. The quantitative estimate of drug-likeness (QED) is 0.674. The molecule has 84 valence electrons. The molecule has 5 heteroatoms. The van der Waals surface area contributed by atoms with Crippen molar-refractivity contribution in [3.05, 3.63) is 0 Å². The summed E-state index contributed by atoms with van der Waals surface area (Å²) in [7, 11) is -3.05. The Morgan fingerprint density at radius 3 is 1.93 bits per heavy atom. The van der Waals surface area contributed by atoms with Crippen LogP contribution >= 0.6 is 0 Å². The van der Waals surface area contributed by atoms with Crippen LogP contribution in [0.4, 0.5) is 0 Å². The molecule has 1 aliphatic rings. The van der Waals surface area contributed by atoms with Crippen molar-refractivity contribution in [1.82, 2.24) is 9.21 Å². The summed E-state index contributed by atoms with van der Waals surface area (Å²) < 4.78 is 24.6. The predicted molar refractivity (Wildman–Crippen MR) is 57.7 cm³/mol. The topological polar surface area (TPSA) is 40.6 Å². The van der Waals surface area contributed by atoms with E-state index >= 15 is 0 Å². The minimum atomic E-state index is -3.05. The lowest BCUT2D eigenvalue weighted by Gasteiger charge is -2.42. The Hall–Kier alpha value is -0.130. The third kappa shape index (κ3) is 2.46. The van der Waals surface area contributed by atoms with Gasteiger partial charge in [-0.3, -0.25) is 0 Å². The first-order chi connectivity index (χ1) is 6.36. The molecular weight excluding hydrogens is 200 g/mol. The van der Waals surface area contributed by atoms with Gasteiger partial charge in [0.2, 0.25) is 10.0 Å². The molecule has 0 spiro atoms. The minimum Gasteiger partial charge on any atom is -0.300 e. The average Bonchev–Trinajstić information content (AvgIpc) is 1.99. The SMILES string of the molecule is CCN1CC(C)N(S(C)(=O)=O)C(C)C1. The fourth-order valence-corrected chi connectivity index (χ4v) is 3.77. The van der Waals surface area contributed by atoms with Crippen LogP contribution in [0, 0.1) is 0 Å². The minimum absolute atomic E-state index is 0.0914. The molecule has 0 N–H and O–H groups in total. The highest BCUT2D eigenvalue weighted by Crippen LogP contribution is 2.18. The largest absolute Gasteiger partial charge is 0.300 e. The molecule has 1 aliphatic heterocycles. The van der Waals surface area contributed by atoms with Gasteiger partial charge in [-0.15, -0.1) is 0 Å².